The smallest absolute Gasteiger partial charge is 0.252 e. The van der Waals surface area contributed by atoms with Gasteiger partial charge >= 0.3 is 0 Å². The van der Waals surface area contributed by atoms with Crippen molar-refractivity contribution in [3.8, 4) is 6.07 Å². The second kappa shape index (κ2) is 5.71. The fourth-order valence-electron chi connectivity index (χ4n) is 2.79. The van der Waals surface area contributed by atoms with E-state index in [0.717, 1.165) is 12.8 Å². The maximum Gasteiger partial charge on any atom is 0.252 e. The Labute approximate surface area is 130 Å². The van der Waals surface area contributed by atoms with Crippen LogP contribution in [0.1, 0.15) is 47.2 Å². The zero-order valence-electron chi connectivity index (χ0n) is 12.6. The highest BCUT2D eigenvalue weighted by atomic mass is 32.2. The van der Waals surface area contributed by atoms with E-state index in [4.69, 9.17) is 5.14 Å². The number of carbonyl (C=O) groups excluding carboxylic acids is 1. The maximum atomic E-state index is 12.4. The van der Waals surface area contributed by atoms with Gasteiger partial charge in [0.15, 0.2) is 0 Å². The fourth-order valence-corrected chi connectivity index (χ4v) is 3.67. The van der Waals surface area contributed by atoms with E-state index in [9.17, 15) is 18.5 Å². The summed E-state index contributed by atoms with van der Waals surface area (Å²) in [6, 6.07) is 5.06. The summed E-state index contributed by atoms with van der Waals surface area (Å²) in [7, 11) is -3.91. The van der Waals surface area contributed by atoms with Crippen molar-refractivity contribution < 1.29 is 13.2 Å². The lowest BCUT2D eigenvalue weighted by molar-refractivity contribution is 0.0920. The number of nitrogens with two attached hydrogens (primary N) is 1. The van der Waals surface area contributed by atoms with Crippen LogP contribution in [0.4, 0.5) is 0 Å². The summed E-state index contributed by atoms with van der Waals surface area (Å²) in [6.07, 6.45) is 3.01. The van der Waals surface area contributed by atoms with Crippen LogP contribution in [0, 0.1) is 25.2 Å². The van der Waals surface area contributed by atoms with Crippen LogP contribution in [0.25, 0.3) is 0 Å². The summed E-state index contributed by atoms with van der Waals surface area (Å²) >= 11 is 0. The molecule has 1 fully saturated rings. The monoisotopic (exact) mass is 321 g/mol. The minimum Gasteiger partial charge on any atom is -0.334 e. The Bertz CT molecular complexity index is 757. The maximum absolute atomic E-state index is 12.4. The number of primary sulfonamides is 1. The van der Waals surface area contributed by atoms with Gasteiger partial charge in [0, 0.05) is 5.56 Å². The molecule has 1 amide bonds. The number of carbonyl (C=O) groups is 1. The van der Waals surface area contributed by atoms with Crippen LogP contribution < -0.4 is 10.5 Å². The van der Waals surface area contributed by atoms with E-state index in [0.29, 0.717) is 24.0 Å². The zero-order valence-corrected chi connectivity index (χ0v) is 13.5. The van der Waals surface area contributed by atoms with Crippen LogP contribution in [0.3, 0.4) is 0 Å². The van der Waals surface area contributed by atoms with Crippen molar-refractivity contribution >= 4 is 15.9 Å². The quantitative estimate of drug-likeness (QED) is 0.878. The molecule has 0 aromatic heterocycles. The molecule has 3 N–H and O–H groups in total. The Morgan fingerprint density at radius 2 is 1.91 bits per heavy atom. The highest BCUT2D eigenvalue weighted by Crippen LogP contribution is 2.29. The number of nitriles is 1. The molecule has 1 aliphatic rings. The third-order valence-corrected chi connectivity index (χ3v) is 5.25. The van der Waals surface area contributed by atoms with Crippen LogP contribution in [-0.4, -0.2) is 19.9 Å². The number of hydrogen-bond acceptors (Lipinski definition) is 4. The van der Waals surface area contributed by atoms with Crippen molar-refractivity contribution in [3.05, 3.63) is 28.8 Å². The molecule has 0 bridgehead atoms. The first-order valence-electron chi connectivity index (χ1n) is 7.06. The number of rotatable bonds is 3. The number of nitrogens with zero attached hydrogens (tertiary/aromatic N) is 1. The van der Waals surface area contributed by atoms with Gasteiger partial charge < -0.3 is 5.32 Å². The van der Waals surface area contributed by atoms with Gasteiger partial charge in [-0.05, 0) is 62.8 Å². The van der Waals surface area contributed by atoms with E-state index in [1.165, 1.54) is 6.07 Å². The second-order valence-electron chi connectivity index (χ2n) is 5.82. The lowest BCUT2D eigenvalue weighted by atomic mass is 9.98. The SMILES string of the molecule is Cc1cc(C(=O)NC2(C#N)CCCC2)cc(S(N)(=O)=O)c1C. The minimum absolute atomic E-state index is 0.0601. The molecule has 0 spiro atoms. The van der Waals surface area contributed by atoms with Crippen molar-refractivity contribution in [2.75, 3.05) is 0 Å². The molecule has 22 heavy (non-hydrogen) atoms. The number of hydrogen-bond donors (Lipinski definition) is 2. The normalized spacial score (nSPS) is 17.0. The largest absolute Gasteiger partial charge is 0.334 e. The summed E-state index contributed by atoms with van der Waals surface area (Å²) in [5.41, 5.74) is 0.537. The summed E-state index contributed by atoms with van der Waals surface area (Å²) in [6.45, 7) is 3.36. The fraction of sp³-hybridized carbons (Fsp3) is 0.467. The van der Waals surface area contributed by atoms with Gasteiger partial charge in [-0.2, -0.15) is 5.26 Å². The molecule has 1 aromatic carbocycles. The summed E-state index contributed by atoms with van der Waals surface area (Å²) in [4.78, 5) is 12.3. The van der Waals surface area contributed by atoms with E-state index in [2.05, 4.69) is 11.4 Å². The van der Waals surface area contributed by atoms with Gasteiger partial charge in [0.05, 0.1) is 11.0 Å². The van der Waals surface area contributed by atoms with E-state index >= 15 is 0 Å². The molecule has 0 radical (unpaired) electrons. The first-order valence-corrected chi connectivity index (χ1v) is 8.61. The third kappa shape index (κ3) is 3.13. The molecular formula is C15H19N3O3S. The number of benzene rings is 1. The van der Waals surface area contributed by atoms with Gasteiger partial charge in [-0.3, -0.25) is 4.79 Å². The molecule has 0 saturated heterocycles. The highest BCUT2D eigenvalue weighted by Gasteiger charge is 2.35. The van der Waals surface area contributed by atoms with Crippen LogP contribution in [0.5, 0.6) is 0 Å². The molecule has 0 unspecified atom stereocenters. The van der Waals surface area contributed by atoms with Gasteiger partial charge in [-0.1, -0.05) is 0 Å². The molecular weight excluding hydrogens is 302 g/mol. The van der Waals surface area contributed by atoms with Crippen LogP contribution in [0.2, 0.25) is 0 Å². The number of nitrogens with one attached hydrogen (secondary N) is 1. The van der Waals surface area contributed by atoms with Crippen LogP contribution in [0.15, 0.2) is 17.0 Å². The molecule has 0 heterocycles. The van der Waals surface area contributed by atoms with Gasteiger partial charge in [-0.15, -0.1) is 0 Å². The average Bonchev–Trinajstić information content (AvgIpc) is 2.89. The van der Waals surface area contributed by atoms with Gasteiger partial charge in [0.2, 0.25) is 10.0 Å². The molecule has 0 aliphatic heterocycles. The Morgan fingerprint density at radius 3 is 2.41 bits per heavy atom. The minimum atomic E-state index is -3.91. The van der Waals surface area contributed by atoms with Crippen molar-refractivity contribution in [3.63, 3.8) is 0 Å². The van der Waals surface area contributed by atoms with Gasteiger partial charge in [0.25, 0.3) is 5.91 Å². The molecule has 118 valence electrons. The topological polar surface area (TPSA) is 113 Å². The summed E-state index contributed by atoms with van der Waals surface area (Å²) in [5.74, 6) is -0.448. The Balaban J connectivity index is 2.39. The van der Waals surface area contributed by atoms with Crippen molar-refractivity contribution in [1.29, 1.82) is 5.26 Å². The number of amides is 1. The standard InChI is InChI=1S/C15H19N3O3S/c1-10-7-12(8-13(11(10)2)22(17,20)21)14(19)18-15(9-16)5-3-4-6-15/h7-8H,3-6H2,1-2H3,(H,18,19)(H2,17,20,21). The van der Waals surface area contributed by atoms with Crippen molar-refractivity contribution in [2.24, 2.45) is 5.14 Å². The molecule has 1 aliphatic carbocycles. The first kappa shape index (κ1) is 16.5. The van der Waals surface area contributed by atoms with E-state index in [-0.39, 0.29) is 10.5 Å². The predicted molar refractivity (Wildman–Crippen MR) is 81.6 cm³/mol. The van der Waals surface area contributed by atoms with Crippen molar-refractivity contribution in [1.82, 2.24) is 5.32 Å². The summed E-state index contributed by atoms with van der Waals surface area (Å²) in [5, 5.41) is 17.3. The Morgan fingerprint density at radius 1 is 1.32 bits per heavy atom. The number of aryl methyl sites for hydroxylation is 1. The lowest BCUT2D eigenvalue weighted by Crippen LogP contribution is -2.45. The van der Waals surface area contributed by atoms with Gasteiger partial charge in [-0.25, -0.2) is 13.6 Å². The first-order chi connectivity index (χ1) is 10.2. The molecule has 1 aromatic rings. The molecule has 7 heteroatoms. The zero-order chi connectivity index (χ0) is 16.5. The molecule has 0 atom stereocenters. The molecule has 2 rings (SSSR count). The Kier molecular flexibility index (Phi) is 4.27. The predicted octanol–water partition coefficient (Wildman–Crippen LogP) is 1.52. The molecule has 1 saturated carbocycles. The lowest BCUT2D eigenvalue weighted by Gasteiger charge is -2.22. The van der Waals surface area contributed by atoms with E-state index < -0.39 is 21.5 Å². The van der Waals surface area contributed by atoms with Crippen molar-refractivity contribution in [2.45, 2.75) is 50.0 Å². The average molecular weight is 321 g/mol. The Hall–Kier alpha value is -1.91. The van der Waals surface area contributed by atoms with Crippen LogP contribution in [-0.2, 0) is 10.0 Å². The van der Waals surface area contributed by atoms with Gasteiger partial charge in [0.1, 0.15) is 5.54 Å². The number of sulfonamides is 1. The third-order valence-electron chi connectivity index (χ3n) is 4.21. The van der Waals surface area contributed by atoms with E-state index in [1.807, 2.05) is 0 Å². The van der Waals surface area contributed by atoms with Crippen LogP contribution >= 0.6 is 0 Å². The summed E-state index contributed by atoms with van der Waals surface area (Å²) < 4.78 is 23.3. The highest BCUT2D eigenvalue weighted by molar-refractivity contribution is 7.89. The second-order valence-corrected chi connectivity index (χ2v) is 7.35. The molecule has 6 nitrogen and oxygen atoms in total. The van der Waals surface area contributed by atoms with E-state index in [1.54, 1.807) is 19.9 Å².